The van der Waals surface area contributed by atoms with Crippen molar-refractivity contribution in [3.8, 4) is 11.4 Å². The maximum Gasteiger partial charge on any atom is 0.204 e. The first-order chi connectivity index (χ1) is 8.31. The van der Waals surface area contributed by atoms with Crippen LogP contribution in [0.5, 0.6) is 0 Å². The molecule has 0 saturated heterocycles. The van der Waals surface area contributed by atoms with Gasteiger partial charge in [-0.3, -0.25) is 0 Å². The molecule has 0 bridgehead atoms. The smallest absolute Gasteiger partial charge is 0.204 e. The summed E-state index contributed by atoms with van der Waals surface area (Å²) in [6, 6.07) is 8.35. The van der Waals surface area contributed by atoms with Crippen molar-refractivity contribution in [3.05, 3.63) is 29.8 Å². The predicted molar refractivity (Wildman–Crippen MR) is 64.3 cm³/mol. The van der Waals surface area contributed by atoms with Gasteiger partial charge < -0.3 is 5.32 Å². The van der Waals surface area contributed by atoms with E-state index < -0.39 is 0 Å². The van der Waals surface area contributed by atoms with Crippen molar-refractivity contribution in [3.63, 3.8) is 0 Å². The molecule has 0 aliphatic heterocycles. The predicted octanol–water partition coefficient (Wildman–Crippen LogP) is 1.16. The highest BCUT2D eigenvalue weighted by molar-refractivity contribution is 5.55. The number of rotatable bonds is 4. The molecule has 17 heavy (non-hydrogen) atoms. The van der Waals surface area contributed by atoms with Crippen LogP contribution < -0.4 is 5.32 Å². The van der Waals surface area contributed by atoms with Crippen LogP contribution in [0, 0.1) is 0 Å². The average molecular weight is 229 g/mol. The van der Waals surface area contributed by atoms with Crippen molar-refractivity contribution in [1.29, 1.82) is 0 Å². The Morgan fingerprint density at radius 1 is 1.41 bits per heavy atom. The van der Waals surface area contributed by atoms with Crippen molar-refractivity contribution in [2.45, 2.75) is 24.8 Å². The minimum atomic E-state index is 0.329. The highest BCUT2D eigenvalue weighted by Gasteiger charge is 2.40. The summed E-state index contributed by atoms with van der Waals surface area (Å²) in [5.41, 5.74) is 2.66. The first-order valence-corrected chi connectivity index (χ1v) is 5.83. The Morgan fingerprint density at radius 2 is 2.29 bits per heavy atom. The molecule has 1 fully saturated rings. The van der Waals surface area contributed by atoms with Gasteiger partial charge in [0.25, 0.3) is 0 Å². The molecule has 0 spiro atoms. The summed E-state index contributed by atoms with van der Waals surface area (Å²) in [6.45, 7) is 0. The zero-order chi connectivity index (χ0) is 11.7. The molecular formula is C12H15N5. The van der Waals surface area contributed by atoms with Gasteiger partial charge in [-0.15, -0.1) is 10.2 Å². The number of nitrogens with one attached hydrogen (secondary N) is 2. The number of nitrogens with zero attached hydrogens (tertiary/aromatic N) is 3. The minimum Gasteiger partial charge on any atom is -0.314 e. The van der Waals surface area contributed by atoms with Crippen molar-refractivity contribution in [1.82, 2.24) is 25.9 Å². The minimum absolute atomic E-state index is 0.329. The van der Waals surface area contributed by atoms with Crippen molar-refractivity contribution < 1.29 is 0 Å². The van der Waals surface area contributed by atoms with Crippen LogP contribution in [0.15, 0.2) is 24.3 Å². The highest BCUT2D eigenvalue weighted by atomic mass is 15.5. The second-order valence-electron chi connectivity index (χ2n) is 4.64. The van der Waals surface area contributed by atoms with Gasteiger partial charge in [-0.05, 0) is 43.2 Å². The largest absolute Gasteiger partial charge is 0.314 e. The highest BCUT2D eigenvalue weighted by Crippen LogP contribution is 2.38. The zero-order valence-electron chi connectivity index (χ0n) is 9.77. The van der Waals surface area contributed by atoms with Gasteiger partial charge in [0.1, 0.15) is 0 Å². The molecule has 88 valence electrons. The van der Waals surface area contributed by atoms with Crippen LogP contribution >= 0.6 is 0 Å². The van der Waals surface area contributed by atoms with E-state index in [1.54, 1.807) is 0 Å². The molecule has 1 aliphatic carbocycles. The van der Waals surface area contributed by atoms with Gasteiger partial charge in [0, 0.05) is 11.1 Å². The van der Waals surface area contributed by atoms with Crippen LogP contribution in [0.25, 0.3) is 11.4 Å². The van der Waals surface area contributed by atoms with E-state index in [0.29, 0.717) is 11.4 Å². The van der Waals surface area contributed by atoms with Gasteiger partial charge in [0.2, 0.25) is 5.82 Å². The summed E-state index contributed by atoms with van der Waals surface area (Å²) >= 11 is 0. The third-order valence-electron chi connectivity index (χ3n) is 3.46. The Labute approximate surface area is 99.6 Å². The summed E-state index contributed by atoms with van der Waals surface area (Å²) in [5, 5.41) is 17.5. The van der Waals surface area contributed by atoms with E-state index in [1.165, 1.54) is 18.4 Å². The molecule has 1 heterocycles. The lowest BCUT2D eigenvalue weighted by molar-refractivity contribution is 0.549. The second kappa shape index (κ2) is 3.92. The molecule has 1 aliphatic rings. The van der Waals surface area contributed by atoms with Gasteiger partial charge >= 0.3 is 0 Å². The van der Waals surface area contributed by atoms with Crippen molar-refractivity contribution in [2.75, 3.05) is 7.05 Å². The van der Waals surface area contributed by atoms with Crippen molar-refractivity contribution in [2.24, 2.45) is 0 Å². The van der Waals surface area contributed by atoms with E-state index in [0.717, 1.165) is 12.0 Å². The standard InChI is InChI=1S/C12H15N5/c1-13-12(5-6-12)8-9-3-2-4-10(7-9)11-14-16-17-15-11/h2-4,7,13H,5-6,8H2,1H3,(H,14,15,16,17). The number of tetrazole rings is 1. The Balaban J connectivity index is 1.85. The van der Waals surface area contributed by atoms with Gasteiger partial charge in [0.15, 0.2) is 0 Å². The monoisotopic (exact) mass is 229 g/mol. The van der Waals surface area contributed by atoms with Crippen molar-refractivity contribution >= 4 is 0 Å². The molecule has 5 nitrogen and oxygen atoms in total. The topological polar surface area (TPSA) is 66.5 Å². The first-order valence-electron chi connectivity index (χ1n) is 5.83. The SMILES string of the molecule is CNC1(Cc2cccc(-c3nn[nH]n3)c2)CC1. The zero-order valence-corrected chi connectivity index (χ0v) is 9.77. The van der Waals surface area contributed by atoms with Crippen LogP contribution in [0.2, 0.25) is 0 Å². The second-order valence-corrected chi connectivity index (χ2v) is 4.64. The van der Waals surface area contributed by atoms with Gasteiger partial charge in [-0.2, -0.15) is 5.21 Å². The molecule has 0 amide bonds. The Morgan fingerprint density at radius 3 is 2.94 bits per heavy atom. The van der Waals surface area contributed by atoms with Gasteiger partial charge in [-0.1, -0.05) is 18.2 Å². The van der Waals surface area contributed by atoms with Crippen LogP contribution in [0.3, 0.4) is 0 Å². The lowest BCUT2D eigenvalue weighted by Gasteiger charge is -2.14. The molecule has 0 unspecified atom stereocenters. The lowest BCUT2D eigenvalue weighted by Crippen LogP contribution is -2.29. The normalized spacial score (nSPS) is 17.0. The van der Waals surface area contributed by atoms with E-state index >= 15 is 0 Å². The summed E-state index contributed by atoms with van der Waals surface area (Å²) in [6.07, 6.45) is 3.58. The van der Waals surface area contributed by atoms with E-state index in [-0.39, 0.29) is 0 Å². The molecule has 1 aromatic carbocycles. The van der Waals surface area contributed by atoms with Crippen LogP contribution in [0.1, 0.15) is 18.4 Å². The number of H-pyrrole nitrogens is 1. The Bertz CT molecular complexity index is 501. The third kappa shape index (κ3) is 2.06. The van der Waals surface area contributed by atoms with E-state index in [4.69, 9.17) is 0 Å². The summed E-state index contributed by atoms with van der Waals surface area (Å²) in [7, 11) is 2.04. The maximum absolute atomic E-state index is 4.00. The summed E-state index contributed by atoms with van der Waals surface area (Å²) in [5.74, 6) is 0.654. The van der Waals surface area contributed by atoms with E-state index in [9.17, 15) is 0 Å². The molecule has 0 atom stereocenters. The number of likely N-dealkylation sites (N-methyl/N-ethyl adjacent to an activating group) is 1. The number of benzene rings is 1. The Hall–Kier alpha value is -1.75. The number of hydrogen-bond donors (Lipinski definition) is 2. The summed E-state index contributed by atoms with van der Waals surface area (Å²) in [4.78, 5) is 0. The number of hydrogen-bond acceptors (Lipinski definition) is 4. The van der Waals surface area contributed by atoms with E-state index in [2.05, 4.69) is 38.1 Å². The molecule has 2 N–H and O–H groups in total. The van der Waals surface area contributed by atoms with Gasteiger partial charge in [0.05, 0.1) is 0 Å². The van der Waals surface area contributed by atoms with Crippen LogP contribution in [-0.4, -0.2) is 33.2 Å². The number of aromatic amines is 1. The Kier molecular flexibility index (Phi) is 2.40. The molecule has 2 aromatic rings. The molecule has 0 radical (unpaired) electrons. The fourth-order valence-electron chi connectivity index (χ4n) is 2.16. The first kappa shape index (κ1) is 10.4. The summed E-state index contributed by atoms with van der Waals surface area (Å²) < 4.78 is 0. The maximum atomic E-state index is 4.00. The van der Waals surface area contributed by atoms with E-state index in [1.807, 2.05) is 19.2 Å². The lowest BCUT2D eigenvalue weighted by atomic mass is 10.0. The van der Waals surface area contributed by atoms with Crippen LogP contribution in [0.4, 0.5) is 0 Å². The van der Waals surface area contributed by atoms with Crippen LogP contribution in [-0.2, 0) is 6.42 Å². The fraction of sp³-hybridized carbons (Fsp3) is 0.417. The van der Waals surface area contributed by atoms with Gasteiger partial charge in [-0.25, -0.2) is 0 Å². The molecule has 1 saturated carbocycles. The number of aromatic nitrogens is 4. The molecule has 1 aromatic heterocycles. The fourth-order valence-corrected chi connectivity index (χ4v) is 2.16. The molecule has 3 rings (SSSR count). The third-order valence-corrected chi connectivity index (χ3v) is 3.46. The molecular weight excluding hydrogens is 214 g/mol. The molecule has 5 heteroatoms. The quantitative estimate of drug-likeness (QED) is 0.825. The average Bonchev–Trinajstić information content (AvgIpc) is 2.93.